The van der Waals surface area contributed by atoms with Crippen LogP contribution in [0.3, 0.4) is 0 Å². The maximum atomic E-state index is 13.5. The molecule has 4 N–H and O–H groups in total. The summed E-state index contributed by atoms with van der Waals surface area (Å²) in [6.07, 6.45) is 5.18. The van der Waals surface area contributed by atoms with Crippen LogP contribution in [0.5, 0.6) is 0 Å². The molecule has 4 aromatic heterocycles. The summed E-state index contributed by atoms with van der Waals surface area (Å²) in [7, 11) is 0. The van der Waals surface area contributed by atoms with Crippen LogP contribution in [0.1, 0.15) is 0 Å². The third-order valence-electron chi connectivity index (χ3n) is 6.46. The van der Waals surface area contributed by atoms with Gasteiger partial charge in [-0.15, -0.1) is 0 Å². The average Bonchev–Trinajstić information content (AvgIpc) is 3.51. The molecule has 0 unspecified atom stereocenters. The number of hydrogen-bond acceptors (Lipinski definition) is 7. The maximum Gasteiger partial charge on any atom is 0.159 e. The molecule has 0 aliphatic carbocycles. The molecule has 0 amide bonds. The number of hydrogen-bond donors (Lipinski definition) is 3. The van der Waals surface area contributed by atoms with Gasteiger partial charge in [-0.2, -0.15) is 5.10 Å². The SMILES string of the molecule is NC1CN(c2cncc(-c3cc4c(-c5nc6c(-c7ccc(F)cc7)cccc6[nH]5)n[nH]c4cn3)n2)C1. The van der Waals surface area contributed by atoms with Crippen molar-refractivity contribution in [2.45, 2.75) is 6.04 Å². The Hall–Kier alpha value is -4.70. The number of nitrogens with two attached hydrogens (primary N) is 1. The van der Waals surface area contributed by atoms with Crippen molar-refractivity contribution in [2.24, 2.45) is 5.73 Å². The standard InChI is InChI=1S/C26H20FN9/c27-15-6-4-14(5-7-15)17-2-1-3-19-24(17)33-26(32-19)25-18-8-20(30-10-21(18)34-35-25)22-9-29-11-23(31-22)36-12-16(28)13-36/h1-11,16H,12-13,28H2,(H,32,33)(H,34,35). The molecule has 7 rings (SSSR count). The molecule has 0 saturated carbocycles. The first-order valence-corrected chi connectivity index (χ1v) is 11.5. The highest BCUT2D eigenvalue weighted by molar-refractivity contribution is 5.97. The first-order valence-electron chi connectivity index (χ1n) is 11.5. The van der Waals surface area contributed by atoms with E-state index in [2.05, 4.69) is 30.0 Å². The number of H-pyrrole nitrogens is 2. The van der Waals surface area contributed by atoms with Crippen LogP contribution in [-0.2, 0) is 0 Å². The summed E-state index contributed by atoms with van der Waals surface area (Å²) in [5, 5.41) is 8.42. The minimum absolute atomic E-state index is 0.172. The molecule has 2 aromatic carbocycles. The van der Waals surface area contributed by atoms with Gasteiger partial charge in [-0.25, -0.2) is 14.4 Å². The Kier molecular flexibility index (Phi) is 4.55. The lowest BCUT2D eigenvalue weighted by molar-refractivity contribution is 0.514. The van der Waals surface area contributed by atoms with Crippen LogP contribution >= 0.6 is 0 Å². The van der Waals surface area contributed by atoms with E-state index in [-0.39, 0.29) is 11.9 Å². The number of para-hydroxylation sites is 1. The highest BCUT2D eigenvalue weighted by Crippen LogP contribution is 2.32. The van der Waals surface area contributed by atoms with E-state index in [4.69, 9.17) is 15.7 Å². The Bertz CT molecular complexity index is 1730. The summed E-state index contributed by atoms with van der Waals surface area (Å²) in [4.78, 5) is 24.0. The van der Waals surface area contributed by atoms with Gasteiger partial charge in [0, 0.05) is 30.1 Å². The van der Waals surface area contributed by atoms with Crippen LogP contribution < -0.4 is 10.6 Å². The third kappa shape index (κ3) is 3.38. The first kappa shape index (κ1) is 20.7. The minimum atomic E-state index is -0.273. The maximum absolute atomic E-state index is 13.5. The molecule has 1 fully saturated rings. The molecule has 1 saturated heterocycles. The topological polar surface area (TPSA) is 125 Å². The van der Waals surface area contributed by atoms with Crippen molar-refractivity contribution >= 4 is 27.8 Å². The zero-order chi connectivity index (χ0) is 24.2. The Morgan fingerprint density at radius 1 is 0.944 bits per heavy atom. The van der Waals surface area contributed by atoms with Crippen LogP contribution in [0.15, 0.2) is 67.1 Å². The predicted molar refractivity (Wildman–Crippen MR) is 136 cm³/mol. The van der Waals surface area contributed by atoms with Crippen molar-refractivity contribution in [3.63, 3.8) is 0 Å². The zero-order valence-electron chi connectivity index (χ0n) is 19.0. The van der Waals surface area contributed by atoms with E-state index in [1.807, 2.05) is 24.3 Å². The highest BCUT2D eigenvalue weighted by Gasteiger charge is 2.25. The van der Waals surface area contributed by atoms with Crippen molar-refractivity contribution in [1.29, 1.82) is 0 Å². The molecule has 5 heterocycles. The van der Waals surface area contributed by atoms with Gasteiger partial charge in [-0.3, -0.25) is 15.1 Å². The molecular weight excluding hydrogens is 457 g/mol. The van der Waals surface area contributed by atoms with Crippen LogP contribution in [-0.4, -0.2) is 54.2 Å². The fourth-order valence-corrected chi connectivity index (χ4v) is 4.58. The Balaban J connectivity index is 1.30. The van der Waals surface area contributed by atoms with Crippen molar-refractivity contribution in [2.75, 3.05) is 18.0 Å². The molecule has 0 atom stereocenters. The van der Waals surface area contributed by atoms with Crippen LogP contribution in [0.4, 0.5) is 10.2 Å². The van der Waals surface area contributed by atoms with Crippen LogP contribution in [0, 0.1) is 5.82 Å². The number of benzene rings is 2. The molecule has 1 aliphatic rings. The average molecular weight is 478 g/mol. The number of nitrogens with zero attached hydrogens (tertiary/aromatic N) is 6. The lowest BCUT2D eigenvalue weighted by atomic mass is 10.0. The number of pyridine rings is 1. The molecule has 6 aromatic rings. The van der Waals surface area contributed by atoms with Crippen molar-refractivity contribution in [1.82, 2.24) is 35.1 Å². The number of halogens is 1. The fraction of sp³-hybridized carbons (Fsp3) is 0.115. The summed E-state index contributed by atoms with van der Waals surface area (Å²) < 4.78 is 13.5. The summed E-state index contributed by atoms with van der Waals surface area (Å²) in [5.41, 5.74) is 12.2. The highest BCUT2D eigenvalue weighted by atomic mass is 19.1. The number of imidazole rings is 1. The number of aromatic nitrogens is 7. The number of fused-ring (bicyclic) bond motifs is 2. The lowest BCUT2D eigenvalue weighted by Gasteiger charge is -2.37. The van der Waals surface area contributed by atoms with E-state index in [0.717, 1.165) is 52.0 Å². The normalized spacial score (nSPS) is 14.0. The van der Waals surface area contributed by atoms with E-state index in [1.165, 1.54) is 12.1 Å². The number of anilines is 1. The minimum Gasteiger partial charge on any atom is -0.352 e. The number of aromatic amines is 2. The molecule has 0 radical (unpaired) electrons. The zero-order valence-corrected chi connectivity index (χ0v) is 19.0. The third-order valence-corrected chi connectivity index (χ3v) is 6.46. The van der Waals surface area contributed by atoms with Gasteiger partial charge < -0.3 is 15.6 Å². The van der Waals surface area contributed by atoms with Crippen molar-refractivity contribution in [3.8, 4) is 34.0 Å². The molecule has 0 bridgehead atoms. The van der Waals surface area contributed by atoms with E-state index in [1.54, 1.807) is 30.7 Å². The number of rotatable bonds is 4. The summed E-state index contributed by atoms with van der Waals surface area (Å²) in [6.45, 7) is 1.53. The van der Waals surface area contributed by atoms with E-state index in [0.29, 0.717) is 22.9 Å². The Morgan fingerprint density at radius 2 is 1.81 bits per heavy atom. The van der Waals surface area contributed by atoms with E-state index >= 15 is 0 Å². The Labute approximate surface area is 204 Å². The van der Waals surface area contributed by atoms with Crippen molar-refractivity contribution in [3.05, 3.63) is 72.9 Å². The summed E-state index contributed by atoms with van der Waals surface area (Å²) in [6, 6.07) is 14.4. The largest absolute Gasteiger partial charge is 0.352 e. The molecule has 0 spiro atoms. The quantitative estimate of drug-likeness (QED) is 0.351. The van der Waals surface area contributed by atoms with Gasteiger partial charge in [0.1, 0.15) is 23.0 Å². The van der Waals surface area contributed by atoms with Gasteiger partial charge in [0.25, 0.3) is 0 Å². The second-order valence-corrected chi connectivity index (χ2v) is 8.91. The predicted octanol–water partition coefficient (Wildman–Crippen LogP) is 3.91. The van der Waals surface area contributed by atoms with Crippen molar-refractivity contribution < 1.29 is 4.39 Å². The van der Waals surface area contributed by atoms with Gasteiger partial charge in [0.05, 0.1) is 40.8 Å². The second-order valence-electron chi connectivity index (χ2n) is 8.91. The smallest absolute Gasteiger partial charge is 0.159 e. The fourth-order valence-electron chi connectivity index (χ4n) is 4.58. The van der Waals surface area contributed by atoms with Gasteiger partial charge in [-0.1, -0.05) is 24.3 Å². The summed E-state index contributed by atoms with van der Waals surface area (Å²) in [5.74, 6) is 1.14. The molecule has 1 aliphatic heterocycles. The molecule has 9 nitrogen and oxygen atoms in total. The summed E-state index contributed by atoms with van der Waals surface area (Å²) >= 11 is 0. The van der Waals surface area contributed by atoms with Gasteiger partial charge >= 0.3 is 0 Å². The van der Waals surface area contributed by atoms with Crippen LogP contribution in [0.25, 0.3) is 56.0 Å². The van der Waals surface area contributed by atoms with Gasteiger partial charge in [0.2, 0.25) is 0 Å². The molecule has 36 heavy (non-hydrogen) atoms. The van der Waals surface area contributed by atoms with Gasteiger partial charge in [-0.05, 0) is 29.8 Å². The molecular formula is C26H20FN9. The lowest BCUT2D eigenvalue weighted by Crippen LogP contribution is -2.56. The van der Waals surface area contributed by atoms with Crippen LogP contribution in [0.2, 0.25) is 0 Å². The van der Waals surface area contributed by atoms with E-state index in [9.17, 15) is 4.39 Å². The second kappa shape index (κ2) is 7.92. The Morgan fingerprint density at radius 3 is 2.64 bits per heavy atom. The van der Waals surface area contributed by atoms with E-state index < -0.39 is 0 Å². The first-order chi connectivity index (χ1) is 17.6. The number of nitrogens with one attached hydrogen (secondary N) is 2. The molecule has 176 valence electrons. The molecule has 10 heteroatoms. The van der Waals surface area contributed by atoms with Gasteiger partial charge in [0.15, 0.2) is 5.82 Å². The monoisotopic (exact) mass is 477 g/mol.